The zero-order valence-electron chi connectivity index (χ0n) is 15.9. The van der Waals surface area contributed by atoms with Crippen molar-refractivity contribution >= 4 is 5.96 Å². The molecule has 1 atom stereocenters. The summed E-state index contributed by atoms with van der Waals surface area (Å²) in [6.07, 6.45) is 2.73. The monoisotopic (exact) mass is 372 g/mol. The normalized spacial score (nSPS) is 16.0. The van der Waals surface area contributed by atoms with E-state index in [1.165, 1.54) is 11.1 Å². The molecule has 0 amide bonds. The second kappa shape index (κ2) is 8.57. The van der Waals surface area contributed by atoms with Crippen LogP contribution in [0.1, 0.15) is 23.6 Å². The number of guanidine groups is 1. The molecule has 0 fully saturated rings. The number of aromatic nitrogens is 1. The van der Waals surface area contributed by atoms with Gasteiger partial charge in [-0.2, -0.15) is 0 Å². The van der Waals surface area contributed by atoms with Crippen molar-refractivity contribution in [2.45, 2.75) is 19.0 Å². The molecule has 1 aliphatic rings. The summed E-state index contributed by atoms with van der Waals surface area (Å²) in [5, 5.41) is 6.95. The SMILES string of the molecule is CN=C(NCc1cccc(-c2ccccn2)c1)NC1CCOc2ccccc21. The van der Waals surface area contributed by atoms with Gasteiger partial charge >= 0.3 is 0 Å². The van der Waals surface area contributed by atoms with Gasteiger partial charge < -0.3 is 15.4 Å². The predicted molar refractivity (Wildman–Crippen MR) is 112 cm³/mol. The lowest BCUT2D eigenvalue weighted by molar-refractivity contribution is 0.261. The predicted octanol–water partition coefficient (Wildman–Crippen LogP) is 3.94. The van der Waals surface area contributed by atoms with Gasteiger partial charge in [0.1, 0.15) is 5.75 Å². The van der Waals surface area contributed by atoms with Gasteiger partial charge in [-0.05, 0) is 29.8 Å². The van der Waals surface area contributed by atoms with E-state index in [0.717, 1.165) is 29.4 Å². The zero-order chi connectivity index (χ0) is 19.2. The van der Waals surface area contributed by atoms with Gasteiger partial charge in [0.2, 0.25) is 0 Å². The number of nitrogens with one attached hydrogen (secondary N) is 2. The smallest absolute Gasteiger partial charge is 0.191 e. The van der Waals surface area contributed by atoms with Crippen LogP contribution in [-0.4, -0.2) is 24.6 Å². The fourth-order valence-corrected chi connectivity index (χ4v) is 3.41. The van der Waals surface area contributed by atoms with Gasteiger partial charge in [-0.25, -0.2) is 0 Å². The van der Waals surface area contributed by atoms with E-state index in [1.54, 1.807) is 7.05 Å². The van der Waals surface area contributed by atoms with Crippen LogP contribution in [0, 0.1) is 0 Å². The van der Waals surface area contributed by atoms with Crippen LogP contribution in [-0.2, 0) is 6.54 Å². The van der Waals surface area contributed by atoms with Crippen LogP contribution in [0.5, 0.6) is 5.75 Å². The average molecular weight is 372 g/mol. The van der Waals surface area contributed by atoms with Crippen molar-refractivity contribution in [2.24, 2.45) is 4.99 Å². The molecule has 1 aromatic heterocycles. The third-order valence-corrected chi connectivity index (χ3v) is 4.84. The van der Waals surface area contributed by atoms with Crippen molar-refractivity contribution in [1.29, 1.82) is 0 Å². The first-order valence-corrected chi connectivity index (χ1v) is 9.53. The van der Waals surface area contributed by atoms with Gasteiger partial charge in [0.05, 0.1) is 18.3 Å². The van der Waals surface area contributed by atoms with Crippen LogP contribution in [0.15, 0.2) is 77.9 Å². The summed E-state index contributed by atoms with van der Waals surface area (Å²) in [4.78, 5) is 8.82. The molecule has 0 aliphatic carbocycles. The summed E-state index contributed by atoms with van der Waals surface area (Å²) < 4.78 is 5.75. The zero-order valence-corrected chi connectivity index (χ0v) is 15.9. The van der Waals surface area contributed by atoms with Crippen molar-refractivity contribution in [3.8, 4) is 17.0 Å². The number of hydrogen-bond donors (Lipinski definition) is 2. The molecule has 2 N–H and O–H groups in total. The number of hydrogen-bond acceptors (Lipinski definition) is 3. The minimum Gasteiger partial charge on any atom is -0.493 e. The molecule has 3 aromatic rings. The Balaban J connectivity index is 1.42. The van der Waals surface area contributed by atoms with E-state index in [4.69, 9.17) is 4.74 Å². The van der Waals surface area contributed by atoms with Gasteiger partial charge in [0.15, 0.2) is 5.96 Å². The molecule has 2 heterocycles. The molecule has 0 saturated heterocycles. The summed E-state index contributed by atoms with van der Waals surface area (Å²) in [5.74, 6) is 1.73. The third-order valence-electron chi connectivity index (χ3n) is 4.84. The fourth-order valence-electron chi connectivity index (χ4n) is 3.41. The van der Waals surface area contributed by atoms with Crippen LogP contribution >= 0.6 is 0 Å². The van der Waals surface area contributed by atoms with Crippen molar-refractivity contribution < 1.29 is 4.74 Å². The largest absolute Gasteiger partial charge is 0.493 e. The fraction of sp³-hybridized carbons (Fsp3) is 0.217. The van der Waals surface area contributed by atoms with Crippen LogP contribution in [0.25, 0.3) is 11.3 Å². The Morgan fingerprint density at radius 2 is 2.00 bits per heavy atom. The molecule has 28 heavy (non-hydrogen) atoms. The summed E-state index contributed by atoms with van der Waals surface area (Å²) in [5.41, 5.74) is 4.44. The molecule has 1 unspecified atom stereocenters. The lowest BCUT2D eigenvalue weighted by Gasteiger charge is -2.28. The molecule has 5 nitrogen and oxygen atoms in total. The molecule has 142 valence electrons. The average Bonchev–Trinajstić information content (AvgIpc) is 2.77. The Morgan fingerprint density at radius 1 is 1.11 bits per heavy atom. The topological polar surface area (TPSA) is 58.5 Å². The van der Waals surface area contributed by atoms with Crippen molar-refractivity contribution in [2.75, 3.05) is 13.7 Å². The van der Waals surface area contributed by atoms with Crippen LogP contribution < -0.4 is 15.4 Å². The molecule has 2 aromatic carbocycles. The molecular formula is C23H24N4O. The van der Waals surface area contributed by atoms with E-state index in [-0.39, 0.29) is 6.04 Å². The first-order chi connectivity index (χ1) is 13.8. The lowest BCUT2D eigenvalue weighted by Crippen LogP contribution is -2.40. The second-order valence-corrected chi connectivity index (χ2v) is 6.71. The summed E-state index contributed by atoms with van der Waals surface area (Å²) in [7, 11) is 1.80. The number of nitrogens with zero attached hydrogens (tertiary/aromatic N) is 2. The van der Waals surface area contributed by atoms with Crippen LogP contribution in [0.2, 0.25) is 0 Å². The van der Waals surface area contributed by atoms with Gasteiger partial charge in [0, 0.05) is 37.3 Å². The highest BCUT2D eigenvalue weighted by Crippen LogP contribution is 2.31. The Bertz CT molecular complexity index is 956. The first kappa shape index (κ1) is 18.0. The highest BCUT2D eigenvalue weighted by molar-refractivity contribution is 5.80. The third kappa shape index (κ3) is 4.14. The number of para-hydroxylation sites is 1. The minimum atomic E-state index is 0.191. The van der Waals surface area contributed by atoms with E-state index in [1.807, 2.05) is 42.6 Å². The van der Waals surface area contributed by atoms with Crippen molar-refractivity contribution in [3.05, 3.63) is 84.1 Å². The second-order valence-electron chi connectivity index (χ2n) is 6.71. The maximum absolute atomic E-state index is 5.75. The molecular weight excluding hydrogens is 348 g/mol. The maximum Gasteiger partial charge on any atom is 0.191 e. The summed E-state index contributed by atoms with van der Waals surface area (Å²) in [6.45, 7) is 1.39. The molecule has 1 aliphatic heterocycles. The van der Waals surface area contributed by atoms with Gasteiger partial charge in [0.25, 0.3) is 0 Å². The molecule has 5 heteroatoms. The van der Waals surface area contributed by atoms with Gasteiger partial charge in [-0.1, -0.05) is 42.5 Å². The molecule has 0 spiro atoms. The first-order valence-electron chi connectivity index (χ1n) is 9.53. The van der Waals surface area contributed by atoms with E-state index < -0.39 is 0 Å². The number of rotatable bonds is 4. The number of pyridine rings is 1. The number of fused-ring (bicyclic) bond motifs is 1. The number of benzene rings is 2. The van der Waals surface area contributed by atoms with Gasteiger partial charge in [-0.3, -0.25) is 9.98 Å². The van der Waals surface area contributed by atoms with E-state index in [2.05, 4.69) is 50.9 Å². The highest BCUT2D eigenvalue weighted by Gasteiger charge is 2.21. The maximum atomic E-state index is 5.75. The van der Waals surface area contributed by atoms with Gasteiger partial charge in [-0.15, -0.1) is 0 Å². The Hall–Kier alpha value is -3.34. The highest BCUT2D eigenvalue weighted by atomic mass is 16.5. The minimum absolute atomic E-state index is 0.191. The van der Waals surface area contributed by atoms with Crippen molar-refractivity contribution in [3.63, 3.8) is 0 Å². The molecule has 0 bridgehead atoms. The Kier molecular flexibility index (Phi) is 5.52. The van der Waals surface area contributed by atoms with Crippen LogP contribution in [0.3, 0.4) is 0 Å². The molecule has 4 rings (SSSR count). The quantitative estimate of drug-likeness (QED) is 0.538. The molecule has 0 radical (unpaired) electrons. The Morgan fingerprint density at radius 3 is 2.86 bits per heavy atom. The van der Waals surface area contributed by atoms with E-state index in [9.17, 15) is 0 Å². The summed E-state index contributed by atoms with van der Waals surface area (Å²) >= 11 is 0. The molecule has 0 saturated carbocycles. The Labute approximate surface area is 165 Å². The standard InChI is InChI=1S/C23H24N4O/c1-24-23(27-21-12-14-28-22-11-3-2-9-19(21)22)26-16-17-7-6-8-18(15-17)20-10-4-5-13-25-20/h2-11,13,15,21H,12,14,16H2,1H3,(H2,24,26,27). The number of ether oxygens (including phenoxy) is 1. The summed E-state index contributed by atoms with van der Waals surface area (Å²) in [6, 6.07) is 22.7. The number of aliphatic imine (C=N–C) groups is 1. The van der Waals surface area contributed by atoms with E-state index in [0.29, 0.717) is 13.2 Å². The van der Waals surface area contributed by atoms with Crippen LogP contribution in [0.4, 0.5) is 0 Å². The van der Waals surface area contributed by atoms with Crippen molar-refractivity contribution in [1.82, 2.24) is 15.6 Å². The lowest BCUT2D eigenvalue weighted by atomic mass is 10.0. The van der Waals surface area contributed by atoms with E-state index >= 15 is 0 Å².